The Balaban J connectivity index is 1.47. The van der Waals surface area contributed by atoms with E-state index < -0.39 is 11.3 Å². The third-order valence-corrected chi connectivity index (χ3v) is 7.39. The molecule has 29 heavy (non-hydrogen) atoms. The highest BCUT2D eigenvalue weighted by Gasteiger charge is 2.61. The lowest BCUT2D eigenvalue weighted by atomic mass is 9.46. The Morgan fingerprint density at radius 3 is 2.59 bits per heavy atom. The van der Waals surface area contributed by atoms with E-state index in [9.17, 15) is 9.59 Å². The number of carbonyl (C=O) groups is 2. The van der Waals surface area contributed by atoms with Gasteiger partial charge in [0.1, 0.15) is 6.33 Å². The molecule has 10 heteroatoms. The van der Waals surface area contributed by atoms with Crippen LogP contribution in [-0.2, 0) is 16.9 Å². The van der Waals surface area contributed by atoms with Gasteiger partial charge in [0.2, 0.25) is 10.6 Å². The number of rotatable bonds is 5. The van der Waals surface area contributed by atoms with Gasteiger partial charge in [-0.05, 0) is 73.2 Å². The van der Waals surface area contributed by atoms with E-state index in [1.54, 1.807) is 17.2 Å². The Morgan fingerprint density at radius 2 is 2.00 bits per heavy atom. The third kappa shape index (κ3) is 2.91. The molecule has 4 aliphatic rings. The summed E-state index contributed by atoms with van der Waals surface area (Å²) in [5.74, 6) is 0.327. The standard InChI is InChI=1S/C19H24BrN7O2/c1-2-26-8-13(14(24-26)15(21)28)23-16(29)18-4-11-3-12(5-18)7-19(6-11,9-18)27-10-22-17(20)25-27/h8,10-12H,2-7,9H2,1H3,(H2,21,28)(H,23,29)/t11-,12+,18?,19?. The molecule has 2 unspecified atom stereocenters. The molecule has 0 spiro atoms. The fraction of sp³-hybridized carbons (Fsp3) is 0.632. The number of amides is 2. The molecule has 6 rings (SSSR count). The number of anilines is 1. The van der Waals surface area contributed by atoms with E-state index in [4.69, 9.17) is 5.73 Å². The highest BCUT2D eigenvalue weighted by Crippen LogP contribution is 2.64. The lowest BCUT2D eigenvalue weighted by Crippen LogP contribution is -2.60. The van der Waals surface area contributed by atoms with Gasteiger partial charge in [0.15, 0.2) is 5.69 Å². The number of nitrogens with zero attached hydrogens (tertiary/aromatic N) is 5. The Hall–Kier alpha value is -2.23. The largest absolute Gasteiger partial charge is 0.364 e. The number of aromatic nitrogens is 5. The van der Waals surface area contributed by atoms with Crippen molar-refractivity contribution in [1.82, 2.24) is 24.5 Å². The van der Waals surface area contributed by atoms with E-state index in [-0.39, 0.29) is 17.1 Å². The van der Waals surface area contributed by atoms with Gasteiger partial charge < -0.3 is 11.1 Å². The van der Waals surface area contributed by atoms with E-state index in [2.05, 4.69) is 36.4 Å². The average Bonchev–Trinajstić information content (AvgIpc) is 3.27. The molecule has 154 valence electrons. The van der Waals surface area contributed by atoms with E-state index in [0.29, 0.717) is 28.8 Å². The summed E-state index contributed by atoms with van der Waals surface area (Å²) in [6.07, 6.45) is 9.20. The molecule has 4 atom stereocenters. The smallest absolute Gasteiger partial charge is 0.271 e. The number of primary amides is 1. The summed E-state index contributed by atoms with van der Waals surface area (Å²) in [4.78, 5) is 29.6. The van der Waals surface area contributed by atoms with Gasteiger partial charge in [-0.15, -0.1) is 5.10 Å². The van der Waals surface area contributed by atoms with Gasteiger partial charge in [-0.3, -0.25) is 14.3 Å². The minimum Gasteiger partial charge on any atom is -0.364 e. The van der Waals surface area contributed by atoms with Gasteiger partial charge in [-0.2, -0.15) is 5.10 Å². The van der Waals surface area contributed by atoms with Crippen molar-refractivity contribution in [3.63, 3.8) is 0 Å². The predicted molar refractivity (Wildman–Crippen MR) is 108 cm³/mol. The van der Waals surface area contributed by atoms with Crippen LogP contribution in [0.3, 0.4) is 0 Å². The number of aryl methyl sites for hydroxylation is 1. The fourth-order valence-electron chi connectivity index (χ4n) is 6.33. The van der Waals surface area contributed by atoms with Crippen molar-refractivity contribution in [2.75, 3.05) is 5.32 Å². The number of carbonyl (C=O) groups excluding carboxylic acids is 2. The first-order chi connectivity index (χ1) is 13.8. The zero-order valence-corrected chi connectivity index (χ0v) is 17.9. The van der Waals surface area contributed by atoms with Crippen LogP contribution in [0.2, 0.25) is 0 Å². The molecule has 2 amide bonds. The van der Waals surface area contributed by atoms with Crippen molar-refractivity contribution in [1.29, 1.82) is 0 Å². The first kappa shape index (κ1) is 18.8. The summed E-state index contributed by atoms with van der Waals surface area (Å²) < 4.78 is 4.16. The van der Waals surface area contributed by atoms with Crippen molar-refractivity contribution < 1.29 is 9.59 Å². The normalized spacial score (nSPS) is 32.5. The van der Waals surface area contributed by atoms with Gasteiger partial charge in [0.05, 0.1) is 16.6 Å². The van der Waals surface area contributed by atoms with Crippen molar-refractivity contribution in [2.24, 2.45) is 23.0 Å². The van der Waals surface area contributed by atoms with E-state index in [1.807, 2.05) is 11.6 Å². The molecule has 4 bridgehead atoms. The Kier molecular flexibility index (Phi) is 4.13. The summed E-state index contributed by atoms with van der Waals surface area (Å²) >= 11 is 3.35. The van der Waals surface area contributed by atoms with Gasteiger partial charge >= 0.3 is 0 Å². The van der Waals surface area contributed by atoms with E-state index in [1.165, 1.54) is 6.42 Å². The topological polar surface area (TPSA) is 121 Å². The van der Waals surface area contributed by atoms with Crippen molar-refractivity contribution >= 4 is 33.4 Å². The first-order valence-electron chi connectivity index (χ1n) is 10.1. The zero-order valence-electron chi connectivity index (χ0n) is 16.3. The Bertz CT molecular complexity index is 983. The van der Waals surface area contributed by atoms with Crippen molar-refractivity contribution in [3.8, 4) is 0 Å². The monoisotopic (exact) mass is 461 g/mol. The maximum Gasteiger partial charge on any atom is 0.271 e. The molecular weight excluding hydrogens is 438 g/mol. The minimum absolute atomic E-state index is 0.0340. The lowest BCUT2D eigenvalue weighted by Gasteiger charge is -2.60. The summed E-state index contributed by atoms with van der Waals surface area (Å²) in [7, 11) is 0. The molecule has 0 aliphatic heterocycles. The molecule has 4 aliphatic carbocycles. The van der Waals surface area contributed by atoms with Gasteiger partial charge in [-0.25, -0.2) is 9.67 Å². The Labute approximate surface area is 176 Å². The summed E-state index contributed by atoms with van der Waals surface area (Å²) in [6.45, 7) is 2.51. The first-order valence-corrected chi connectivity index (χ1v) is 10.9. The summed E-state index contributed by atoms with van der Waals surface area (Å²) in [5.41, 5.74) is 5.35. The molecular formula is C19H24BrN7O2. The summed E-state index contributed by atoms with van der Waals surface area (Å²) in [6, 6.07) is 0. The molecule has 9 nitrogen and oxygen atoms in total. The lowest BCUT2D eigenvalue weighted by molar-refractivity contribution is -0.150. The third-order valence-electron chi connectivity index (χ3n) is 7.03. The van der Waals surface area contributed by atoms with Crippen LogP contribution in [0.15, 0.2) is 17.3 Å². The van der Waals surface area contributed by atoms with Crippen LogP contribution in [0.5, 0.6) is 0 Å². The van der Waals surface area contributed by atoms with Gasteiger partial charge in [0, 0.05) is 12.7 Å². The number of hydrogen-bond acceptors (Lipinski definition) is 5. The SMILES string of the molecule is CCn1cc(NC(=O)C23C[C@H]4C[C@@H](C2)CC(n2cnc(Br)n2)(C4)C3)c(C(N)=O)n1. The summed E-state index contributed by atoms with van der Waals surface area (Å²) in [5, 5.41) is 11.7. The minimum atomic E-state index is -0.637. The van der Waals surface area contributed by atoms with Crippen molar-refractivity contribution in [3.05, 3.63) is 23.0 Å². The predicted octanol–water partition coefficient (Wildman–Crippen LogP) is 2.29. The fourth-order valence-corrected chi connectivity index (χ4v) is 6.59. The molecule has 3 N–H and O–H groups in total. The molecule has 2 aromatic rings. The van der Waals surface area contributed by atoms with Crippen molar-refractivity contribution in [2.45, 2.75) is 57.5 Å². The van der Waals surface area contributed by atoms with Gasteiger partial charge in [0.25, 0.3) is 5.91 Å². The van der Waals surface area contributed by atoms with Crippen LogP contribution in [0.25, 0.3) is 0 Å². The number of nitrogens with two attached hydrogens (primary N) is 1. The molecule has 2 heterocycles. The zero-order chi connectivity index (χ0) is 20.4. The number of nitrogens with one attached hydrogen (secondary N) is 1. The van der Waals surface area contributed by atoms with Crippen LogP contribution < -0.4 is 11.1 Å². The highest BCUT2D eigenvalue weighted by atomic mass is 79.9. The highest BCUT2D eigenvalue weighted by molar-refractivity contribution is 9.10. The molecule has 4 fully saturated rings. The molecule has 0 radical (unpaired) electrons. The quantitative estimate of drug-likeness (QED) is 0.707. The molecule has 4 saturated carbocycles. The maximum atomic E-state index is 13.6. The molecule has 2 aromatic heterocycles. The second-order valence-corrected chi connectivity index (χ2v) is 9.70. The van der Waals surface area contributed by atoms with Crippen LogP contribution in [-0.4, -0.2) is 36.4 Å². The second-order valence-electron chi connectivity index (χ2n) is 8.99. The number of halogens is 1. The average molecular weight is 462 g/mol. The van der Waals surface area contributed by atoms with Crippen LogP contribution in [0.4, 0.5) is 5.69 Å². The van der Waals surface area contributed by atoms with E-state index >= 15 is 0 Å². The molecule has 0 saturated heterocycles. The van der Waals surface area contributed by atoms with Crippen LogP contribution >= 0.6 is 15.9 Å². The molecule has 0 aromatic carbocycles. The van der Waals surface area contributed by atoms with E-state index in [0.717, 1.165) is 32.1 Å². The van der Waals surface area contributed by atoms with Crippen LogP contribution in [0, 0.1) is 17.3 Å². The second kappa shape index (κ2) is 6.38. The maximum absolute atomic E-state index is 13.6. The van der Waals surface area contributed by atoms with Crippen LogP contribution in [0.1, 0.15) is 55.9 Å². The Morgan fingerprint density at radius 1 is 1.28 bits per heavy atom. The number of hydrogen-bond donors (Lipinski definition) is 2. The van der Waals surface area contributed by atoms with Gasteiger partial charge in [-0.1, -0.05) is 0 Å².